The van der Waals surface area contributed by atoms with Gasteiger partial charge >= 0.3 is 5.97 Å². The van der Waals surface area contributed by atoms with Crippen molar-refractivity contribution in [2.75, 3.05) is 11.1 Å². The highest BCUT2D eigenvalue weighted by Crippen LogP contribution is 2.17. The molecule has 2 heterocycles. The maximum absolute atomic E-state index is 11.9. The first-order valence-corrected chi connectivity index (χ1v) is 7.53. The third kappa shape index (κ3) is 4.25. The number of nitrogens with one attached hydrogen (secondary N) is 1. The minimum atomic E-state index is -0.562. The van der Waals surface area contributed by atoms with E-state index in [1.54, 1.807) is 18.2 Å². The van der Waals surface area contributed by atoms with E-state index < -0.39 is 5.97 Å². The van der Waals surface area contributed by atoms with Gasteiger partial charge in [0.1, 0.15) is 5.69 Å². The van der Waals surface area contributed by atoms with E-state index in [-0.39, 0.29) is 30.0 Å². The zero-order valence-electron chi connectivity index (χ0n) is 13.5. The van der Waals surface area contributed by atoms with E-state index >= 15 is 0 Å². The summed E-state index contributed by atoms with van der Waals surface area (Å²) in [5.41, 5.74) is 7.81. The molecule has 25 heavy (non-hydrogen) atoms. The van der Waals surface area contributed by atoms with E-state index in [2.05, 4.69) is 25.3 Å². The summed E-state index contributed by atoms with van der Waals surface area (Å²) in [5, 5.41) is 3.08. The number of benzene rings is 1. The van der Waals surface area contributed by atoms with Crippen LogP contribution in [0.5, 0.6) is 0 Å². The number of esters is 1. The molecular formula is C17H16N6O2. The number of hydrogen-bond donors (Lipinski definition) is 2. The third-order valence-electron chi connectivity index (χ3n) is 3.30. The van der Waals surface area contributed by atoms with Crippen LogP contribution in [0.2, 0.25) is 0 Å². The van der Waals surface area contributed by atoms with Crippen molar-refractivity contribution < 1.29 is 9.53 Å². The van der Waals surface area contributed by atoms with Crippen LogP contribution in [-0.2, 0) is 11.3 Å². The average Bonchev–Trinajstić information content (AvgIpc) is 2.62. The predicted molar refractivity (Wildman–Crippen MR) is 92.1 cm³/mol. The van der Waals surface area contributed by atoms with Crippen LogP contribution in [0, 0.1) is 6.92 Å². The second kappa shape index (κ2) is 7.35. The van der Waals surface area contributed by atoms with Gasteiger partial charge in [-0.1, -0.05) is 24.3 Å². The first-order chi connectivity index (χ1) is 12.1. The predicted octanol–water partition coefficient (Wildman–Crippen LogP) is 2.26. The Morgan fingerprint density at radius 1 is 1.12 bits per heavy atom. The number of hydrogen-bond acceptors (Lipinski definition) is 8. The van der Waals surface area contributed by atoms with Gasteiger partial charge in [0.2, 0.25) is 11.9 Å². The molecule has 3 rings (SSSR count). The van der Waals surface area contributed by atoms with Crippen molar-refractivity contribution in [1.82, 2.24) is 19.9 Å². The van der Waals surface area contributed by atoms with Crippen LogP contribution in [-0.4, -0.2) is 25.9 Å². The van der Waals surface area contributed by atoms with Crippen molar-refractivity contribution in [2.24, 2.45) is 0 Å². The highest BCUT2D eigenvalue weighted by Gasteiger charge is 2.11. The van der Waals surface area contributed by atoms with Gasteiger partial charge in [-0.2, -0.15) is 15.0 Å². The van der Waals surface area contributed by atoms with Gasteiger partial charge in [-0.3, -0.25) is 0 Å². The second-order valence-electron chi connectivity index (χ2n) is 5.16. The molecule has 126 valence electrons. The summed E-state index contributed by atoms with van der Waals surface area (Å²) in [6.07, 6.45) is 1.52. The zero-order valence-corrected chi connectivity index (χ0v) is 13.5. The standard InChI is InChI=1S/C17H16N6O2/c1-11-6-2-3-7-12(11)20-17-22-14(21-16(18)23-17)10-25-15(24)13-8-4-5-9-19-13/h2-9H,10H2,1H3,(H3,18,20,21,22,23). The molecule has 1 aromatic carbocycles. The Morgan fingerprint density at radius 2 is 1.92 bits per heavy atom. The van der Waals surface area contributed by atoms with Crippen LogP contribution < -0.4 is 11.1 Å². The molecule has 0 unspecified atom stereocenters. The molecule has 0 radical (unpaired) electrons. The minimum Gasteiger partial charge on any atom is -0.453 e. The number of nitrogens with two attached hydrogens (primary N) is 1. The van der Waals surface area contributed by atoms with Gasteiger partial charge in [0.05, 0.1) is 0 Å². The molecule has 0 saturated carbocycles. The summed E-state index contributed by atoms with van der Waals surface area (Å²) >= 11 is 0. The van der Waals surface area contributed by atoms with Crippen LogP contribution in [0.15, 0.2) is 48.7 Å². The van der Waals surface area contributed by atoms with Gasteiger partial charge in [-0.15, -0.1) is 0 Å². The maximum atomic E-state index is 11.9. The van der Waals surface area contributed by atoms with E-state index in [1.807, 2.05) is 31.2 Å². The molecule has 0 aliphatic heterocycles. The lowest BCUT2D eigenvalue weighted by atomic mass is 10.2. The van der Waals surface area contributed by atoms with Crippen LogP contribution >= 0.6 is 0 Å². The Bertz CT molecular complexity index is 885. The van der Waals surface area contributed by atoms with Crippen molar-refractivity contribution in [3.05, 3.63) is 65.7 Å². The van der Waals surface area contributed by atoms with Gasteiger partial charge in [0.15, 0.2) is 12.4 Å². The van der Waals surface area contributed by atoms with E-state index in [0.29, 0.717) is 0 Å². The van der Waals surface area contributed by atoms with Gasteiger partial charge in [-0.25, -0.2) is 9.78 Å². The molecule has 0 amide bonds. The van der Waals surface area contributed by atoms with Gasteiger partial charge < -0.3 is 15.8 Å². The highest BCUT2D eigenvalue weighted by molar-refractivity contribution is 5.87. The number of anilines is 3. The van der Waals surface area contributed by atoms with Crippen LogP contribution in [0.1, 0.15) is 21.9 Å². The molecule has 0 fully saturated rings. The average molecular weight is 336 g/mol. The number of para-hydroxylation sites is 1. The molecule has 0 saturated heterocycles. The Hall–Kier alpha value is -3.55. The Kier molecular flexibility index (Phi) is 4.79. The lowest BCUT2D eigenvalue weighted by molar-refractivity contribution is 0.0455. The normalized spacial score (nSPS) is 10.3. The summed E-state index contributed by atoms with van der Waals surface area (Å²) in [4.78, 5) is 28.1. The molecule has 0 bridgehead atoms. The molecule has 0 aliphatic carbocycles. The molecular weight excluding hydrogens is 320 g/mol. The van der Waals surface area contributed by atoms with Crippen LogP contribution in [0.3, 0.4) is 0 Å². The highest BCUT2D eigenvalue weighted by atomic mass is 16.5. The molecule has 8 heteroatoms. The zero-order chi connectivity index (χ0) is 17.6. The van der Waals surface area contributed by atoms with E-state index in [4.69, 9.17) is 10.5 Å². The van der Waals surface area contributed by atoms with Gasteiger partial charge in [-0.05, 0) is 30.7 Å². The molecule has 3 aromatic rings. The number of carbonyl (C=O) groups excluding carboxylic acids is 1. The Labute approximate surface area is 144 Å². The lowest BCUT2D eigenvalue weighted by Gasteiger charge is -2.09. The molecule has 2 aromatic heterocycles. The fourth-order valence-electron chi connectivity index (χ4n) is 2.08. The first kappa shape index (κ1) is 16.3. The first-order valence-electron chi connectivity index (χ1n) is 7.53. The number of aromatic nitrogens is 4. The summed E-state index contributed by atoms with van der Waals surface area (Å²) in [7, 11) is 0. The minimum absolute atomic E-state index is 0.0370. The van der Waals surface area contributed by atoms with Crippen molar-refractivity contribution in [3.63, 3.8) is 0 Å². The van der Waals surface area contributed by atoms with E-state index in [1.165, 1.54) is 6.20 Å². The molecule has 0 aliphatic rings. The number of nitrogen functional groups attached to an aromatic ring is 1. The molecule has 3 N–H and O–H groups in total. The number of nitrogens with zero attached hydrogens (tertiary/aromatic N) is 4. The lowest BCUT2D eigenvalue weighted by Crippen LogP contribution is -2.12. The van der Waals surface area contributed by atoms with E-state index in [9.17, 15) is 4.79 Å². The smallest absolute Gasteiger partial charge is 0.357 e. The van der Waals surface area contributed by atoms with Crippen molar-refractivity contribution in [1.29, 1.82) is 0 Å². The Morgan fingerprint density at radius 3 is 2.68 bits per heavy atom. The fraction of sp³-hybridized carbons (Fsp3) is 0.118. The maximum Gasteiger partial charge on any atom is 0.357 e. The monoisotopic (exact) mass is 336 g/mol. The number of pyridine rings is 1. The number of carbonyl (C=O) groups is 1. The summed E-state index contributed by atoms with van der Waals surface area (Å²) in [6, 6.07) is 12.7. The van der Waals surface area contributed by atoms with Crippen LogP contribution in [0.25, 0.3) is 0 Å². The van der Waals surface area contributed by atoms with Crippen molar-refractivity contribution in [2.45, 2.75) is 13.5 Å². The van der Waals surface area contributed by atoms with E-state index in [0.717, 1.165) is 11.3 Å². The molecule has 8 nitrogen and oxygen atoms in total. The van der Waals surface area contributed by atoms with Crippen molar-refractivity contribution >= 4 is 23.6 Å². The summed E-state index contributed by atoms with van der Waals surface area (Å²) in [6.45, 7) is 1.83. The second-order valence-corrected chi connectivity index (χ2v) is 5.16. The van der Waals surface area contributed by atoms with Crippen LogP contribution in [0.4, 0.5) is 17.6 Å². The third-order valence-corrected chi connectivity index (χ3v) is 3.30. The molecule has 0 atom stereocenters. The van der Waals surface area contributed by atoms with Crippen molar-refractivity contribution in [3.8, 4) is 0 Å². The fourth-order valence-corrected chi connectivity index (χ4v) is 2.08. The van der Waals surface area contributed by atoms with Gasteiger partial charge in [0.25, 0.3) is 0 Å². The SMILES string of the molecule is Cc1ccccc1Nc1nc(N)nc(COC(=O)c2ccccn2)n1. The quantitative estimate of drug-likeness (QED) is 0.682. The number of ether oxygens (including phenoxy) is 1. The topological polar surface area (TPSA) is 116 Å². The largest absolute Gasteiger partial charge is 0.453 e. The number of rotatable bonds is 5. The molecule has 0 spiro atoms. The Balaban J connectivity index is 1.71. The summed E-state index contributed by atoms with van der Waals surface area (Å²) in [5.74, 6) is 0.00140. The van der Waals surface area contributed by atoms with Gasteiger partial charge in [0, 0.05) is 11.9 Å². The number of aryl methyl sites for hydroxylation is 1. The summed E-state index contributed by atoms with van der Waals surface area (Å²) < 4.78 is 5.16.